The topological polar surface area (TPSA) is 78.3 Å². The van der Waals surface area contributed by atoms with Crippen LogP contribution in [-0.4, -0.2) is 12.6 Å². The van der Waals surface area contributed by atoms with Crippen LogP contribution < -0.4 is 11.5 Å². The van der Waals surface area contributed by atoms with E-state index in [1.807, 2.05) is 24.3 Å². The molecule has 5 heteroatoms. The summed E-state index contributed by atoms with van der Waals surface area (Å²) in [5, 5.41) is 0. The minimum absolute atomic E-state index is 0.309. The maximum absolute atomic E-state index is 11.5. The summed E-state index contributed by atoms with van der Waals surface area (Å²) in [4.78, 5) is 13.5. The van der Waals surface area contributed by atoms with Crippen molar-refractivity contribution >= 4 is 29.1 Å². The molecule has 0 amide bonds. The lowest BCUT2D eigenvalue weighted by atomic mass is 10.2. The van der Waals surface area contributed by atoms with Crippen LogP contribution in [0.5, 0.6) is 0 Å². The molecule has 0 atom stereocenters. The van der Waals surface area contributed by atoms with Gasteiger partial charge in [-0.2, -0.15) is 0 Å². The Hall–Kier alpha value is -2.14. The van der Waals surface area contributed by atoms with Crippen molar-refractivity contribution in [2.24, 2.45) is 0 Å². The Labute approximate surface area is 122 Å². The van der Waals surface area contributed by atoms with Gasteiger partial charge in [0, 0.05) is 21.2 Å². The van der Waals surface area contributed by atoms with Crippen LogP contribution in [0.15, 0.2) is 52.3 Å². The smallest absolute Gasteiger partial charge is 0.338 e. The fraction of sp³-hybridized carbons (Fsp3) is 0.133. The second kappa shape index (κ2) is 6.34. The summed E-state index contributed by atoms with van der Waals surface area (Å²) in [5.41, 5.74) is 13.4. The molecule has 0 aliphatic carbocycles. The molecule has 0 radical (unpaired) electrons. The SMILES string of the molecule is CCOC(=O)c1ccc(Sc2ccc(N)cc2N)cc1. The van der Waals surface area contributed by atoms with Gasteiger partial charge >= 0.3 is 5.97 Å². The third-order valence-electron chi connectivity index (χ3n) is 2.63. The Bertz CT molecular complexity index is 612. The molecular formula is C15H16N2O2S. The molecule has 2 rings (SSSR count). The van der Waals surface area contributed by atoms with Crippen LogP contribution in [0.4, 0.5) is 11.4 Å². The normalized spacial score (nSPS) is 10.2. The number of hydrogen-bond donors (Lipinski definition) is 2. The molecule has 20 heavy (non-hydrogen) atoms. The molecule has 0 saturated carbocycles. The summed E-state index contributed by atoms with van der Waals surface area (Å²) in [6.07, 6.45) is 0. The summed E-state index contributed by atoms with van der Waals surface area (Å²) in [6, 6.07) is 12.6. The van der Waals surface area contributed by atoms with Gasteiger partial charge in [0.1, 0.15) is 0 Å². The average molecular weight is 288 g/mol. The molecule has 0 saturated heterocycles. The Morgan fingerprint density at radius 3 is 2.45 bits per heavy atom. The third-order valence-corrected chi connectivity index (χ3v) is 3.73. The molecule has 4 N–H and O–H groups in total. The van der Waals surface area contributed by atoms with Gasteiger partial charge in [-0.3, -0.25) is 0 Å². The van der Waals surface area contributed by atoms with Gasteiger partial charge in [-0.25, -0.2) is 4.79 Å². The summed E-state index contributed by atoms with van der Waals surface area (Å²) >= 11 is 1.52. The summed E-state index contributed by atoms with van der Waals surface area (Å²) < 4.78 is 4.94. The average Bonchev–Trinajstić information content (AvgIpc) is 2.43. The fourth-order valence-electron chi connectivity index (χ4n) is 1.66. The lowest BCUT2D eigenvalue weighted by molar-refractivity contribution is 0.0526. The Balaban J connectivity index is 2.12. The van der Waals surface area contributed by atoms with Crippen LogP contribution in [0.3, 0.4) is 0 Å². The highest BCUT2D eigenvalue weighted by Crippen LogP contribution is 2.33. The van der Waals surface area contributed by atoms with Gasteiger partial charge in [0.25, 0.3) is 0 Å². The van der Waals surface area contributed by atoms with Crippen LogP contribution in [0.25, 0.3) is 0 Å². The van der Waals surface area contributed by atoms with Gasteiger partial charge in [0.05, 0.1) is 12.2 Å². The van der Waals surface area contributed by atoms with E-state index in [9.17, 15) is 4.79 Å². The van der Waals surface area contributed by atoms with Crippen molar-refractivity contribution in [1.29, 1.82) is 0 Å². The molecule has 0 bridgehead atoms. The first-order valence-corrected chi connectivity index (χ1v) is 7.02. The molecule has 2 aromatic rings. The van der Waals surface area contributed by atoms with E-state index in [-0.39, 0.29) is 5.97 Å². The van der Waals surface area contributed by atoms with E-state index in [1.54, 1.807) is 25.1 Å². The van der Waals surface area contributed by atoms with E-state index in [4.69, 9.17) is 16.2 Å². The van der Waals surface area contributed by atoms with Crippen LogP contribution in [-0.2, 0) is 4.74 Å². The first-order chi connectivity index (χ1) is 9.60. The highest BCUT2D eigenvalue weighted by atomic mass is 32.2. The zero-order chi connectivity index (χ0) is 14.5. The lowest BCUT2D eigenvalue weighted by Gasteiger charge is -2.07. The molecule has 0 aromatic heterocycles. The van der Waals surface area contributed by atoms with Crippen LogP contribution >= 0.6 is 11.8 Å². The molecule has 0 unspecified atom stereocenters. The third kappa shape index (κ3) is 3.45. The minimum atomic E-state index is -0.309. The molecule has 0 aliphatic heterocycles. The van der Waals surface area contributed by atoms with E-state index in [1.165, 1.54) is 11.8 Å². The van der Waals surface area contributed by atoms with E-state index in [0.29, 0.717) is 23.5 Å². The molecule has 0 fully saturated rings. The zero-order valence-electron chi connectivity index (χ0n) is 11.1. The van der Waals surface area contributed by atoms with Gasteiger partial charge in [-0.05, 0) is 49.4 Å². The second-order valence-corrected chi connectivity index (χ2v) is 5.26. The lowest BCUT2D eigenvalue weighted by Crippen LogP contribution is -2.03. The van der Waals surface area contributed by atoms with Crippen LogP contribution in [0.2, 0.25) is 0 Å². The number of esters is 1. The maximum atomic E-state index is 11.5. The van der Waals surface area contributed by atoms with Crippen molar-refractivity contribution in [1.82, 2.24) is 0 Å². The van der Waals surface area contributed by atoms with Crippen molar-refractivity contribution in [3.05, 3.63) is 48.0 Å². The van der Waals surface area contributed by atoms with Gasteiger partial charge in [-0.1, -0.05) is 11.8 Å². The van der Waals surface area contributed by atoms with E-state index >= 15 is 0 Å². The first kappa shape index (κ1) is 14.3. The Kier molecular flexibility index (Phi) is 4.53. The van der Waals surface area contributed by atoms with Crippen molar-refractivity contribution < 1.29 is 9.53 Å². The molecule has 2 aromatic carbocycles. The van der Waals surface area contributed by atoms with E-state index < -0.39 is 0 Å². The number of nitrogens with two attached hydrogens (primary N) is 2. The predicted molar refractivity (Wildman–Crippen MR) is 81.8 cm³/mol. The standard InChI is InChI=1S/C15H16N2O2S/c1-2-19-15(18)10-3-6-12(7-4-10)20-14-8-5-11(16)9-13(14)17/h3-9H,2,16-17H2,1H3. The molecular weight excluding hydrogens is 272 g/mol. The first-order valence-electron chi connectivity index (χ1n) is 6.20. The molecule has 0 spiro atoms. The summed E-state index contributed by atoms with van der Waals surface area (Å²) in [5.74, 6) is -0.309. The van der Waals surface area contributed by atoms with Gasteiger partial charge < -0.3 is 16.2 Å². The highest BCUT2D eigenvalue weighted by Gasteiger charge is 2.07. The quantitative estimate of drug-likeness (QED) is 0.667. The number of benzene rings is 2. The van der Waals surface area contributed by atoms with Gasteiger partial charge in [0.2, 0.25) is 0 Å². The molecule has 4 nitrogen and oxygen atoms in total. The van der Waals surface area contributed by atoms with Gasteiger partial charge in [0.15, 0.2) is 0 Å². The summed E-state index contributed by atoms with van der Waals surface area (Å²) in [7, 11) is 0. The molecule has 0 heterocycles. The van der Waals surface area contributed by atoms with Crippen molar-refractivity contribution in [2.75, 3.05) is 18.1 Å². The number of nitrogen functional groups attached to an aromatic ring is 2. The highest BCUT2D eigenvalue weighted by molar-refractivity contribution is 7.99. The number of hydrogen-bond acceptors (Lipinski definition) is 5. The van der Waals surface area contributed by atoms with Crippen molar-refractivity contribution in [3.8, 4) is 0 Å². The maximum Gasteiger partial charge on any atom is 0.338 e. The van der Waals surface area contributed by atoms with Gasteiger partial charge in [-0.15, -0.1) is 0 Å². The van der Waals surface area contributed by atoms with E-state index in [2.05, 4.69) is 0 Å². The second-order valence-electron chi connectivity index (χ2n) is 4.14. The van der Waals surface area contributed by atoms with E-state index in [0.717, 1.165) is 9.79 Å². The predicted octanol–water partition coefficient (Wildman–Crippen LogP) is 3.18. The fourth-order valence-corrected chi connectivity index (χ4v) is 2.50. The minimum Gasteiger partial charge on any atom is -0.462 e. The Morgan fingerprint density at radius 2 is 1.85 bits per heavy atom. The largest absolute Gasteiger partial charge is 0.462 e. The number of rotatable bonds is 4. The molecule has 0 aliphatic rings. The van der Waals surface area contributed by atoms with Crippen molar-refractivity contribution in [3.63, 3.8) is 0 Å². The Morgan fingerprint density at radius 1 is 1.15 bits per heavy atom. The number of anilines is 2. The molecule has 104 valence electrons. The van der Waals surface area contributed by atoms with Crippen LogP contribution in [0, 0.1) is 0 Å². The zero-order valence-corrected chi connectivity index (χ0v) is 11.9. The number of ether oxygens (including phenoxy) is 1. The number of carbonyl (C=O) groups excluding carboxylic acids is 1. The monoisotopic (exact) mass is 288 g/mol. The van der Waals surface area contributed by atoms with Crippen molar-refractivity contribution in [2.45, 2.75) is 16.7 Å². The summed E-state index contributed by atoms with van der Waals surface area (Å²) in [6.45, 7) is 2.16. The number of carbonyl (C=O) groups is 1. The van der Waals surface area contributed by atoms with Crippen LogP contribution in [0.1, 0.15) is 17.3 Å².